The van der Waals surface area contributed by atoms with Gasteiger partial charge in [0.05, 0.1) is 0 Å². The van der Waals surface area contributed by atoms with Crippen molar-refractivity contribution in [2.75, 3.05) is 19.6 Å². The summed E-state index contributed by atoms with van der Waals surface area (Å²) in [6.45, 7) is -1.47. The number of hydrogen-bond acceptors (Lipinski definition) is 4. The molecule has 0 aliphatic carbocycles. The van der Waals surface area contributed by atoms with E-state index in [0.717, 1.165) is 4.90 Å². The van der Waals surface area contributed by atoms with E-state index in [9.17, 15) is 27.6 Å². The van der Waals surface area contributed by atoms with E-state index < -0.39 is 43.2 Å². The average molecular weight is 358 g/mol. The summed E-state index contributed by atoms with van der Waals surface area (Å²) in [5, 5.41) is 6.46. The monoisotopic (exact) mass is 358 g/mol. The van der Waals surface area contributed by atoms with E-state index in [1.54, 1.807) is 30.3 Å². The Balaban J connectivity index is 1.84. The molecule has 1 aromatic carbocycles. The molecule has 1 aliphatic heterocycles. The first-order valence-corrected chi connectivity index (χ1v) is 7.45. The maximum atomic E-state index is 13.1. The van der Waals surface area contributed by atoms with E-state index >= 15 is 0 Å². The van der Waals surface area contributed by atoms with Crippen molar-refractivity contribution >= 4 is 17.8 Å². The van der Waals surface area contributed by atoms with Crippen molar-refractivity contribution in [3.05, 3.63) is 35.9 Å². The maximum absolute atomic E-state index is 13.1. The Labute approximate surface area is 141 Å². The smallest absolute Gasteiger partial charge is 0.353 e. The zero-order valence-electron chi connectivity index (χ0n) is 13.1. The van der Waals surface area contributed by atoms with Gasteiger partial charge in [-0.15, -0.1) is 0 Å². The lowest BCUT2D eigenvalue weighted by atomic mass is 10.2. The summed E-state index contributed by atoms with van der Waals surface area (Å²) in [6.07, 6.45) is -4.55. The van der Waals surface area contributed by atoms with Crippen LogP contribution < -0.4 is 16.0 Å². The number of urea groups is 1. The molecule has 2 rings (SSSR count). The van der Waals surface area contributed by atoms with Crippen molar-refractivity contribution in [3.8, 4) is 0 Å². The zero-order valence-corrected chi connectivity index (χ0v) is 13.1. The van der Waals surface area contributed by atoms with Crippen molar-refractivity contribution in [1.82, 2.24) is 20.9 Å². The number of carbonyl (C=O) groups excluding carboxylic acids is 3. The Morgan fingerprint density at radius 2 is 1.92 bits per heavy atom. The van der Waals surface area contributed by atoms with Crippen LogP contribution in [0.5, 0.6) is 0 Å². The van der Waals surface area contributed by atoms with Crippen LogP contribution in [0.25, 0.3) is 0 Å². The van der Waals surface area contributed by atoms with Gasteiger partial charge in [-0.1, -0.05) is 30.3 Å². The molecule has 1 aromatic rings. The van der Waals surface area contributed by atoms with Crippen LogP contribution in [0.3, 0.4) is 0 Å². The Bertz CT molecular complexity index is 637. The van der Waals surface area contributed by atoms with Crippen LogP contribution >= 0.6 is 0 Å². The molecule has 0 bridgehead atoms. The van der Waals surface area contributed by atoms with Gasteiger partial charge in [0.2, 0.25) is 11.8 Å². The molecule has 0 spiro atoms. The van der Waals surface area contributed by atoms with Crippen molar-refractivity contribution in [1.29, 1.82) is 0 Å². The molecular formula is C15H17F3N4O3. The first kappa shape index (κ1) is 18.7. The molecule has 0 unspecified atom stereocenters. The van der Waals surface area contributed by atoms with Gasteiger partial charge in [-0.2, -0.15) is 13.2 Å². The molecule has 10 heteroatoms. The van der Waals surface area contributed by atoms with Gasteiger partial charge in [-0.05, 0) is 5.56 Å². The highest BCUT2D eigenvalue weighted by Gasteiger charge is 2.39. The molecule has 1 atom stereocenters. The van der Waals surface area contributed by atoms with Gasteiger partial charge in [-0.25, -0.2) is 4.79 Å². The number of nitrogens with zero attached hydrogens (tertiary/aromatic N) is 1. The third-order valence-corrected chi connectivity index (χ3v) is 3.50. The average Bonchev–Trinajstić information content (AvgIpc) is 2.84. The van der Waals surface area contributed by atoms with Crippen molar-refractivity contribution in [2.45, 2.75) is 18.8 Å². The summed E-state index contributed by atoms with van der Waals surface area (Å²) in [7, 11) is 0. The topological polar surface area (TPSA) is 90.5 Å². The Morgan fingerprint density at radius 3 is 2.48 bits per heavy atom. The molecular weight excluding hydrogens is 341 g/mol. The van der Waals surface area contributed by atoms with E-state index in [4.69, 9.17) is 0 Å². The first-order chi connectivity index (χ1) is 11.8. The molecule has 1 aliphatic rings. The number of nitrogens with one attached hydrogen (secondary N) is 3. The van der Waals surface area contributed by atoms with E-state index in [-0.39, 0.29) is 13.1 Å². The van der Waals surface area contributed by atoms with Crippen LogP contribution in [-0.2, 0) is 16.1 Å². The van der Waals surface area contributed by atoms with E-state index in [1.807, 2.05) is 5.32 Å². The van der Waals surface area contributed by atoms with Crippen molar-refractivity contribution < 1.29 is 27.6 Å². The van der Waals surface area contributed by atoms with E-state index in [1.165, 1.54) is 0 Å². The van der Waals surface area contributed by atoms with Crippen LogP contribution in [-0.4, -0.2) is 54.6 Å². The summed E-state index contributed by atoms with van der Waals surface area (Å²) < 4.78 is 39.2. The molecule has 1 fully saturated rings. The van der Waals surface area contributed by atoms with Crippen LogP contribution in [0.4, 0.5) is 18.0 Å². The Kier molecular flexibility index (Phi) is 5.97. The molecule has 7 nitrogen and oxygen atoms in total. The number of imide groups is 1. The summed E-state index contributed by atoms with van der Waals surface area (Å²) in [6, 6.07) is 5.86. The Morgan fingerprint density at radius 1 is 1.24 bits per heavy atom. The van der Waals surface area contributed by atoms with Crippen LogP contribution in [0.2, 0.25) is 0 Å². The van der Waals surface area contributed by atoms with Gasteiger partial charge in [-0.3, -0.25) is 14.9 Å². The highest BCUT2D eigenvalue weighted by atomic mass is 19.4. The lowest BCUT2D eigenvalue weighted by Gasteiger charge is -2.22. The lowest BCUT2D eigenvalue weighted by Crippen LogP contribution is -2.51. The minimum absolute atomic E-state index is 0.0100. The van der Waals surface area contributed by atoms with Crippen molar-refractivity contribution in [2.24, 2.45) is 0 Å². The molecule has 25 heavy (non-hydrogen) atoms. The maximum Gasteiger partial charge on any atom is 0.405 e. The second kappa shape index (κ2) is 7.97. The number of hydrogen-bond donors (Lipinski definition) is 3. The minimum atomic E-state index is -4.55. The number of halogens is 3. The number of carbonyl (C=O) groups is 3. The minimum Gasteiger partial charge on any atom is -0.353 e. The zero-order chi connectivity index (χ0) is 18.4. The van der Waals surface area contributed by atoms with Crippen LogP contribution in [0.1, 0.15) is 5.56 Å². The van der Waals surface area contributed by atoms with Gasteiger partial charge in [0.25, 0.3) is 0 Å². The van der Waals surface area contributed by atoms with Gasteiger partial charge in [0.15, 0.2) is 0 Å². The molecule has 4 amide bonds. The second-order valence-corrected chi connectivity index (χ2v) is 5.47. The number of benzene rings is 1. The third kappa shape index (κ3) is 5.75. The van der Waals surface area contributed by atoms with Crippen molar-refractivity contribution in [3.63, 3.8) is 0 Å². The molecule has 0 aromatic heterocycles. The highest BCUT2D eigenvalue weighted by molar-refractivity contribution is 6.03. The molecule has 3 N–H and O–H groups in total. The molecule has 1 heterocycles. The van der Waals surface area contributed by atoms with Crippen LogP contribution in [0.15, 0.2) is 30.3 Å². The quantitative estimate of drug-likeness (QED) is 0.615. The van der Waals surface area contributed by atoms with Gasteiger partial charge < -0.3 is 15.5 Å². The Hall–Kier alpha value is -2.62. The predicted octanol–water partition coefficient (Wildman–Crippen LogP) is 0.375. The van der Waals surface area contributed by atoms with Gasteiger partial charge >= 0.3 is 12.2 Å². The molecule has 0 radical (unpaired) electrons. The normalized spacial score (nSPS) is 15.9. The van der Waals surface area contributed by atoms with E-state index in [0.29, 0.717) is 5.56 Å². The fraction of sp³-hybridized carbons (Fsp3) is 0.400. The number of rotatable bonds is 7. The first-order valence-electron chi connectivity index (χ1n) is 7.45. The largest absolute Gasteiger partial charge is 0.405 e. The highest BCUT2D eigenvalue weighted by Crippen LogP contribution is 2.20. The van der Waals surface area contributed by atoms with Gasteiger partial charge in [0.1, 0.15) is 19.1 Å². The SMILES string of the molecule is O=C(CN1CC(=O)NC1=O)NC[C@H](NCc1ccccc1)C(F)(F)F. The predicted molar refractivity (Wildman–Crippen MR) is 81.2 cm³/mol. The lowest BCUT2D eigenvalue weighted by molar-refractivity contribution is -0.156. The second-order valence-electron chi connectivity index (χ2n) is 5.47. The fourth-order valence-electron chi connectivity index (χ4n) is 2.20. The molecule has 0 saturated carbocycles. The number of alkyl halides is 3. The summed E-state index contributed by atoms with van der Waals surface area (Å²) in [4.78, 5) is 34.9. The van der Waals surface area contributed by atoms with Gasteiger partial charge in [0, 0.05) is 13.1 Å². The van der Waals surface area contributed by atoms with Crippen LogP contribution in [0, 0.1) is 0 Å². The van der Waals surface area contributed by atoms with E-state index in [2.05, 4.69) is 10.6 Å². The standard InChI is InChI=1S/C15H17F3N4O3/c16-15(17,18)11(19-6-10-4-2-1-3-5-10)7-20-12(23)8-22-9-13(24)21-14(22)25/h1-5,11,19H,6-9H2,(H,20,23)(H,21,24,25)/t11-/m0/s1. The fourth-order valence-corrected chi connectivity index (χ4v) is 2.20. The summed E-state index contributed by atoms with van der Waals surface area (Å²) in [5.74, 6) is -1.34. The summed E-state index contributed by atoms with van der Waals surface area (Å²) >= 11 is 0. The third-order valence-electron chi connectivity index (χ3n) is 3.50. The summed E-state index contributed by atoms with van der Waals surface area (Å²) in [5.41, 5.74) is 0.676. The number of amides is 4. The molecule has 136 valence electrons. The molecule has 1 saturated heterocycles.